The highest BCUT2D eigenvalue weighted by molar-refractivity contribution is 9.10. The monoisotopic (exact) mass is 353 g/mol. The van der Waals surface area contributed by atoms with Gasteiger partial charge in [-0.1, -0.05) is 0 Å². The smallest absolute Gasteiger partial charge is 0.244 e. The van der Waals surface area contributed by atoms with E-state index in [0.717, 1.165) is 19.4 Å². The Kier molecular flexibility index (Phi) is 5.02. The highest BCUT2D eigenvalue weighted by Crippen LogP contribution is 2.26. The van der Waals surface area contributed by atoms with Gasteiger partial charge in [0.25, 0.3) is 0 Å². The normalized spacial score (nSPS) is 20.6. The van der Waals surface area contributed by atoms with Gasteiger partial charge in [0.05, 0.1) is 6.61 Å². The van der Waals surface area contributed by atoms with Crippen molar-refractivity contribution >= 4 is 26.0 Å². The average Bonchev–Trinajstić information content (AvgIpc) is 2.80. The highest BCUT2D eigenvalue weighted by Gasteiger charge is 2.24. The van der Waals surface area contributed by atoms with E-state index < -0.39 is 10.0 Å². The Bertz CT molecular complexity index is 521. The van der Waals surface area contributed by atoms with Gasteiger partial charge in [0.1, 0.15) is 17.3 Å². The van der Waals surface area contributed by atoms with Crippen LogP contribution < -0.4 is 4.72 Å². The van der Waals surface area contributed by atoms with Crippen LogP contribution in [0.3, 0.4) is 0 Å². The Morgan fingerprint density at radius 2 is 2.32 bits per heavy atom. The third-order valence-corrected chi connectivity index (χ3v) is 5.25. The molecule has 1 saturated heterocycles. The van der Waals surface area contributed by atoms with Gasteiger partial charge < -0.3 is 14.3 Å². The molecule has 1 aromatic rings. The van der Waals surface area contributed by atoms with E-state index in [1.54, 1.807) is 0 Å². The van der Waals surface area contributed by atoms with Crippen molar-refractivity contribution in [2.75, 3.05) is 19.8 Å². The molecule has 1 aliphatic heterocycles. The van der Waals surface area contributed by atoms with Crippen LogP contribution in [0.25, 0.3) is 0 Å². The van der Waals surface area contributed by atoms with Crippen molar-refractivity contribution in [3.05, 3.63) is 16.5 Å². The van der Waals surface area contributed by atoms with Gasteiger partial charge in [-0.15, -0.1) is 0 Å². The SMILES string of the molecule is O=S(=O)(NCC1CCCOC1)c1cc(CO)oc1Br. The Balaban J connectivity index is 2.02. The van der Waals surface area contributed by atoms with Crippen LogP contribution in [0.1, 0.15) is 18.6 Å². The second-order valence-electron chi connectivity index (χ2n) is 4.44. The molecular weight excluding hydrogens is 338 g/mol. The molecule has 1 atom stereocenters. The molecule has 2 N–H and O–H groups in total. The fourth-order valence-electron chi connectivity index (χ4n) is 1.93. The molecule has 0 radical (unpaired) electrons. The van der Waals surface area contributed by atoms with E-state index in [9.17, 15) is 8.42 Å². The molecule has 1 fully saturated rings. The molecule has 0 bridgehead atoms. The average molecular weight is 354 g/mol. The zero-order valence-electron chi connectivity index (χ0n) is 10.3. The second-order valence-corrected chi connectivity index (χ2v) is 6.90. The molecule has 6 nitrogen and oxygen atoms in total. The van der Waals surface area contributed by atoms with Crippen molar-refractivity contribution in [1.29, 1.82) is 0 Å². The first kappa shape index (κ1) is 15.0. The van der Waals surface area contributed by atoms with Gasteiger partial charge in [-0.25, -0.2) is 13.1 Å². The van der Waals surface area contributed by atoms with Crippen LogP contribution in [0.5, 0.6) is 0 Å². The van der Waals surface area contributed by atoms with E-state index >= 15 is 0 Å². The summed E-state index contributed by atoms with van der Waals surface area (Å²) < 4.78 is 37.2. The lowest BCUT2D eigenvalue weighted by molar-refractivity contribution is 0.0568. The minimum absolute atomic E-state index is 0.00766. The van der Waals surface area contributed by atoms with Gasteiger partial charge in [0.2, 0.25) is 10.0 Å². The lowest BCUT2D eigenvalue weighted by Gasteiger charge is -2.21. The Hall–Kier alpha value is -0.410. The number of furan rings is 1. The largest absolute Gasteiger partial charge is 0.450 e. The fraction of sp³-hybridized carbons (Fsp3) is 0.636. The number of rotatable bonds is 5. The van der Waals surface area contributed by atoms with E-state index in [-0.39, 0.29) is 27.9 Å². The number of hydrogen-bond donors (Lipinski definition) is 2. The number of aliphatic hydroxyl groups is 1. The highest BCUT2D eigenvalue weighted by atomic mass is 79.9. The first-order valence-corrected chi connectivity index (χ1v) is 8.27. The van der Waals surface area contributed by atoms with Crippen molar-refractivity contribution in [1.82, 2.24) is 4.72 Å². The summed E-state index contributed by atoms with van der Waals surface area (Å²) in [6.07, 6.45) is 1.91. The molecule has 0 saturated carbocycles. The van der Waals surface area contributed by atoms with Crippen molar-refractivity contribution in [2.24, 2.45) is 5.92 Å². The molecule has 19 heavy (non-hydrogen) atoms. The third kappa shape index (κ3) is 3.79. The quantitative estimate of drug-likeness (QED) is 0.831. The summed E-state index contributed by atoms with van der Waals surface area (Å²) in [4.78, 5) is 0.00766. The molecule has 1 unspecified atom stereocenters. The topological polar surface area (TPSA) is 88.8 Å². The molecule has 1 aromatic heterocycles. The maximum absolute atomic E-state index is 12.1. The molecule has 8 heteroatoms. The molecule has 1 aliphatic rings. The summed E-state index contributed by atoms with van der Waals surface area (Å²) in [7, 11) is -3.64. The fourth-order valence-corrected chi connectivity index (χ4v) is 4.04. The standard InChI is InChI=1S/C11H16BrNO5S/c12-11-10(4-9(6-14)18-11)19(15,16)13-5-8-2-1-3-17-7-8/h4,8,13-14H,1-3,5-7H2. The summed E-state index contributed by atoms with van der Waals surface area (Å²) in [5.74, 6) is 0.403. The first-order chi connectivity index (χ1) is 9.03. The van der Waals surface area contributed by atoms with E-state index in [2.05, 4.69) is 20.7 Å². The maximum Gasteiger partial charge on any atom is 0.244 e. The minimum atomic E-state index is -3.64. The van der Waals surface area contributed by atoms with E-state index in [1.165, 1.54) is 6.07 Å². The minimum Gasteiger partial charge on any atom is -0.450 e. The molecule has 2 rings (SSSR count). The van der Waals surface area contributed by atoms with Gasteiger partial charge >= 0.3 is 0 Å². The predicted molar refractivity (Wildman–Crippen MR) is 71.1 cm³/mol. The van der Waals surface area contributed by atoms with Crippen LogP contribution >= 0.6 is 15.9 Å². The maximum atomic E-state index is 12.1. The molecule has 2 heterocycles. The van der Waals surface area contributed by atoms with Crippen molar-refractivity contribution in [3.8, 4) is 0 Å². The van der Waals surface area contributed by atoms with E-state index in [1.807, 2.05) is 0 Å². The van der Waals surface area contributed by atoms with Crippen LogP contribution in [-0.2, 0) is 21.4 Å². The molecule has 0 amide bonds. The number of nitrogens with one attached hydrogen (secondary N) is 1. The zero-order valence-corrected chi connectivity index (χ0v) is 12.7. The number of hydrogen-bond acceptors (Lipinski definition) is 5. The second kappa shape index (κ2) is 6.36. The number of ether oxygens (including phenoxy) is 1. The lowest BCUT2D eigenvalue weighted by Crippen LogP contribution is -2.33. The lowest BCUT2D eigenvalue weighted by atomic mass is 10.0. The zero-order chi connectivity index (χ0) is 13.9. The van der Waals surface area contributed by atoms with Gasteiger partial charge in [0, 0.05) is 19.2 Å². The van der Waals surface area contributed by atoms with Gasteiger partial charge in [-0.3, -0.25) is 0 Å². The van der Waals surface area contributed by atoms with E-state index in [0.29, 0.717) is 13.2 Å². The first-order valence-electron chi connectivity index (χ1n) is 5.99. The summed E-state index contributed by atoms with van der Waals surface area (Å²) in [5.41, 5.74) is 0. The van der Waals surface area contributed by atoms with Crippen LogP contribution in [0.2, 0.25) is 0 Å². The summed E-state index contributed by atoms with van der Waals surface area (Å²) in [5, 5.41) is 8.93. The summed E-state index contributed by atoms with van der Waals surface area (Å²) in [6, 6.07) is 1.31. The molecule has 0 aromatic carbocycles. The Morgan fingerprint density at radius 3 is 2.89 bits per heavy atom. The van der Waals surface area contributed by atoms with Crippen LogP contribution in [0.4, 0.5) is 0 Å². The van der Waals surface area contributed by atoms with Crippen molar-refractivity contribution < 1.29 is 22.7 Å². The number of sulfonamides is 1. The van der Waals surface area contributed by atoms with Gasteiger partial charge in [0.15, 0.2) is 4.67 Å². The number of aliphatic hydroxyl groups excluding tert-OH is 1. The Labute approximate surface area is 120 Å². The van der Waals surface area contributed by atoms with Gasteiger partial charge in [-0.05, 0) is 34.7 Å². The predicted octanol–water partition coefficient (Wildman–Crippen LogP) is 1.24. The van der Waals surface area contributed by atoms with Crippen LogP contribution in [-0.4, -0.2) is 33.3 Å². The molecule has 0 aliphatic carbocycles. The van der Waals surface area contributed by atoms with Gasteiger partial charge in [-0.2, -0.15) is 0 Å². The van der Waals surface area contributed by atoms with E-state index in [4.69, 9.17) is 14.3 Å². The molecule has 108 valence electrons. The van der Waals surface area contributed by atoms with Crippen molar-refractivity contribution in [2.45, 2.75) is 24.3 Å². The van der Waals surface area contributed by atoms with Crippen LogP contribution in [0.15, 0.2) is 20.0 Å². The third-order valence-electron chi connectivity index (χ3n) is 2.97. The Morgan fingerprint density at radius 1 is 1.53 bits per heavy atom. The number of halogens is 1. The molecular formula is C11H16BrNO5S. The summed E-state index contributed by atoms with van der Waals surface area (Å²) in [6.45, 7) is 1.33. The molecule has 0 spiro atoms. The van der Waals surface area contributed by atoms with Crippen molar-refractivity contribution in [3.63, 3.8) is 0 Å². The summed E-state index contributed by atoms with van der Waals surface area (Å²) >= 11 is 3.04. The van der Waals surface area contributed by atoms with Crippen LogP contribution in [0, 0.1) is 5.92 Å².